The number of amides is 2. The molecule has 0 aliphatic carbocycles. The highest BCUT2D eigenvalue weighted by atomic mass is 19.1. The largest absolute Gasteiger partial charge is 0.331 e. The Balaban J connectivity index is 2.23. The van der Waals surface area contributed by atoms with Gasteiger partial charge in [0.05, 0.1) is 0 Å². The monoisotopic (exact) mass is 436 g/mol. The lowest BCUT2D eigenvalue weighted by Gasteiger charge is -2.49. The molecule has 176 valence electrons. The van der Waals surface area contributed by atoms with Crippen molar-refractivity contribution in [3.8, 4) is 0 Å². The van der Waals surface area contributed by atoms with E-state index >= 15 is 0 Å². The van der Waals surface area contributed by atoms with Crippen LogP contribution in [-0.2, 0) is 9.59 Å². The molecule has 4 atom stereocenters. The van der Waals surface area contributed by atoms with Gasteiger partial charge in [-0.3, -0.25) is 19.4 Å². The fourth-order valence-corrected chi connectivity index (χ4v) is 5.14. The molecule has 2 aliphatic rings. The molecular formula is C24H41FN4O2. The minimum Gasteiger partial charge on any atom is -0.331 e. The number of halogens is 1. The van der Waals surface area contributed by atoms with Gasteiger partial charge in [0.1, 0.15) is 0 Å². The molecule has 2 heterocycles. The third-order valence-corrected chi connectivity index (χ3v) is 6.81. The summed E-state index contributed by atoms with van der Waals surface area (Å²) in [5.41, 5.74) is 0. The standard InChI is InChI=1S/C24H41FN4O2/c1-9-23(30)28-18(6)12-26(16(2)3)14-21(28)10-11-22-15-27(17(4)5)13-19(7)29(22)24(31)20(8)25/h9,16-19,21-22H,1,8,10-15H2,2-7H3/t18-,19-,21+,22+/m0/s1. The molecule has 2 saturated heterocycles. The maximum absolute atomic E-state index is 13.8. The molecule has 0 aromatic heterocycles. The SMILES string of the molecule is C=CC(=O)N1[C@H](CC[C@@H]2CN(C(C)C)C[C@H](C)N2C(=O)C(=C)F)CN(C(C)C)C[C@@H]1C. The Morgan fingerprint density at radius 1 is 0.903 bits per heavy atom. The molecule has 0 aromatic carbocycles. The second-order valence-corrected chi connectivity index (χ2v) is 9.75. The molecule has 0 unspecified atom stereocenters. The van der Waals surface area contributed by atoms with Crippen molar-refractivity contribution in [3.63, 3.8) is 0 Å². The summed E-state index contributed by atoms with van der Waals surface area (Å²) in [5.74, 6) is -1.57. The molecule has 31 heavy (non-hydrogen) atoms. The Kier molecular flexibility index (Phi) is 8.83. The number of nitrogens with zero attached hydrogens (tertiary/aromatic N) is 4. The van der Waals surface area contributed by atoms with E-state index < -0.39 is 11.7 Å². The number of rotatable bonds is 7. The van der Waals surface area contributed by atoms with Crippen LogP contribution in [0.2, 0.25) is 0 Å². The van der Waals surface area contributed by atoms with Gasteiger partial charge in [-0.15, -0.1) is 0 Å². The maximum atomic E-state index is 13.8. The van der Waals surface area contributed by atoms with Crippen molar-refractivity contribution in [3.05, 3.63) is 25.1 Å². The van der Waals surface area contributed by atoms with E-state index in [0.29, 0.717) is 25.0 Å². The van der Waals surface area contributed by atoms with Gasteiger partial charge in [0.15, 0.2) is 5.83 Å². The summed E-state index contributed by atoms with van der Waals surface area (Å²) in [6.45, 7) is 22.7. The first kappa shape index (κ1) is 25.5. The Morgan fingerprint density at radius 2 is 1.32 bits per heavy atom. The zero-order chi connectivity index (χ0) is 23.5. The predicted octanol–water partition coefficient (Wildman–Crippen LogP) is 3.06. The lowest BCUT2D eigenvalue weighted by Crippen LogP contribution is -2.62. The summed E-state index contributed by atoms with van der Waals surface area (Å²) < 4.78 is 13.8. The van der Waals surface area contributed by atoms with Gasteiger partial charge in [0.25, 0.3) is 5.91 Å². The molecule has 2 fully saturated rings. The molecule has 6 nitrogen and oxygen atoms in total. The molecule has 0 radical (unpaired) electrons. The van der Waals surface area contributed by atoms with Crippen molar-refractivity contribution in [1.82, 2.24) is 19.6 Å². The topological polar surface area (TPSA) is 47.1 Å². The molecule has 0 N–H and O–H groups in total. The van der Waals surface area contributed by atoms with Crippen LogP contribution in [0.1, 0.15) is 54.4 Å². The second-order valence-electron chi connectivity index (χ2n) is 9.75. The highest BCUT2D eigenvalue weighted by molar-refractivity contribution is 5.91. The summed E-state index contributed by atoms with van der Waals surface area (Å²) >= 11 is 0. The van der Waals surface area contributed by atoms with Crippen LogP contribution in [-0.4, -0.2) is 93.8 Å². The highest BCUT2D eigenvalue weighted by Crippen LogP contribution is 2.27. The van der Waals surface area contributed by atoms with Gasteiger partial charge in [-0.1, -0.05) is 13.2 Å². The highest BCUT2D eigenvalue weighted by Gasteiger charge is 2.39. The van der Waals surface area contributed by atoms with Crippen LogP contribution in [0.15, 0.2) is 25.1 Å². The van der Waals surface area contributed by atoms with Crippen molar-refractivity contribution >= 4 is 11.8 Å². The average molecular weight is 437 g/mol. The second kappa shape index (κ2) is 10.7. The van der Waals surface area contributed by atoms with Gasteiger partial charge in [0.2, 0.25) is 5.91 Å². The lowest BCUT2D eigenvalue weighted by molar-refractivity contribution is -0.139. The van der Waals surface area contributed by atoms with Crippen LogP contribution in [0.25, 0.3) is 0 Å². The summed E-state index contributed by atoms with van der Waals surface area (Å²) in [6.07, 6.45) is 2.84. The van der Waals surface area contributed by atoms with Crippen molar-refractivity contribution in [2.75, 3.05) is 26.2 Å². The van der Waals surface area contributed by atoms with Crippen LogP contribution in [0, 0.1) is 0 Å². The Hall–Kier alpha value is -1.73. The first-order valence-electron chi connectivity index (χ1n) is 11.6. The Bertz CT molecular complexity index is 680. The molecule has 0 bridgehead atoms. The molecule has 2 amide bonds. The van der Waals surface area contributed by atoms with Gasteiger partial charge < -0.3 is 9.80 Å². The van der Waals surface area contributed by atoms with E-state index in [4.69, 9.17) is 0 Å². The van der Waals surface area contributed by atoms with Crippen molar-refractivity contribution in [2.45, 2.75) is 90.6 Å². The normalized spacial score (nSPS) is 28.3. The summed E-state index contributed by atoms with van der Waals surface area (Å²) in [7, 11) is 0. The predicted molar refractivity (Wildman–Crippen MR) is 123 cm³/mol. The van der Waals surface area contributed by atoms with Gasteiger partial charge in [0, 0.05) is 62.4 Å². The summed E-state index contributed by atoms with van der Waals surface area (Å²) in [4.78, 5) is 33.6. The number of hydrogen-bond acceptors (Lipinski definition) is 4. The van der Waals surface area contributed by atoms with E-state index in [0.717, 1.165) is 26.1 Å². The molecule has 0 saturated carbocycles. The van der Waals surface area contributed by atoms with Gasteiger partial charge >= 0.3 is 0 Å². The number of carbonyl (C=O) groups is 2. The van der Waals surface area contributed by atoms with Crippen LogP contribution < -0.4 is 0 Å². The van der Waals surface area contributed by atoms with Crippen molar-refractivity contribution in [1.29, 1.82) is 0 Å². The number of carbonyl (C=O) groups excluding carboxylic acids is 2. The number of hydrogen-bond donors (Lipinski definition) is 0. The molecule has 0 spiro atoms. The number of piperazine rings is 2. The third kappa shape index (κ3) is 5.95. The maximum Gasteiger partial charge on any atom is 0.282 e. The van der Waals surface area contributed by atoms with Crippen LogP contribution in [0.4, 0.5) is 4.39 Å². The molecule has 2 rings (SSSR count). The average Bonchev–Trinajstić information content (AvgIpc) is 2.70. The molecular weight excluding hydrogens is 395 g/mol. The van der Waals surface area contributed by atoms with Gasteiger partial charge in [-0.2, -0.15) is 0 Å². The van der Waals surface area contributed by atoms with Crippen LogP contribution >= 0.6 is 0 Å². The van der Waals surface area contributed by atoms with Crippen molar-refractivity contribution in [2.24, 2.45) is 0 Å². The quantitative estimate of drug-likeness (QED) is 0.576. The van der Waals surface area contributed by atoms with E-state index in [-0.39, 0.29) is 30.1 Å². The molecule has 0 aromatic rings. The van der Waals surface area contributed by atoms with Crippen LogP contribution in [0.5, 0.6) is 0 Å². The van der Waals surface area contributed by atoms with E-state index in [9.17, 15) is 14.0 Å². The first-order chi connectivity index (χ1) is 14.5. The Labute approximate surface area is 187 Å². The first-order valence-corrected chi connectivity index (χ1v) is 11.6. The lowest BCUT2D eigenvalue weighted by atomic mass is 9.95. The van der Waals surface area contributed by atoms with E-state index in [1.165, 1.54) is 6.08 Å². The molecule has 2 aliphatic heterocycles. The molecule has 7 heteroatoms. The fraction of sp³-hybridized carbons (Fsp3) is 0.750. The van der Waals surface area contributed by atoms with E-state index in [1.807, 2.05) is 11.8 Å². The Morgan fingerprint density at radius 3 is 1.71 bits per heavy atom. The van der Waals surface area contributed by atoms with Gasteiger partial charge in [-0.05, 0) is 60.5 Å². The fourth-order valence-electron chi connectivity index (χ4n) is 5.14. The summed E-state index contributed by atoms with van der Waals surface area (Å²) in [6, 6.07) is 0.659. The smallest absolute Gasteiger partial charge is 0.282 e. The minimum absolute atomic E-state index is 0.0342. The zero-order valence-electron chi connectivity index (χ0n) is 20.2. The zero-order valence-corrected chi connectivity index (χ0v) is 20.2. The minimum atomic E-state index is -0.907. The van der Waals surface area contributed by atoms with Crippen molar-refractivity contribution < 1.29 is 14.0 Å². The van der Waals surface area contributed by atoms with Crippen LogP contribution in [0.3, 0.4) is 0 Å². The van der Waals surface area contributed by atoms with E-state index in [1.54, 1.807) is 4.90 Å². The summed E-state index contributed by atoms with van der Waals surface area (Å²) in [5, 5.41) is 0. The van der Waals surface area contributed by atoms with E-state index in [2.05, 4.69) is 57.6 Å². The third-order valence-electron chi connectivity index (χ3n) is 6.81. The van der Waals surface area contributed by atoms with Gasteiger partial charge in [-0.25, -0.2) is 4.39 Å².